The molecule has 2 atom stereocenters. The number of hydrogen-bond acceptors (Lipinski definition) is 1. The standard InChI is InChI=1S/C14H16BrFINO/c15-10-3-1-2-9(6-10)8-18-14(19)12-5-4-11(16)7-13(12)17/h4-5,7,9-10H,1-3,6,8H2,(H,18,19). The molecule has 1 amide bonds. The fourth-order valence-corrected chi connectivity index (χ4v) is 3.99. The molecule has 0 radical (unpaired) electrons. The molecular weight excluding hydrogens is 424 g/mol. The van der Waals surface area contributed by atoms with Crippen molar-refractivity contribution in [1.29, 1.82) is 0 Å². The van der Waals surface area contributed by atoms with Crippen LogP contribution < -0.4 is 5.32 Å². The monoisotopic (exact) mass is 439 g/mol. The van der Waals surface area contributed by atoms with Gasteiger partial charge < -0.3 is 5.32 Å². The normalized spacial score (nSPS) is 23.1. The molecule has 1 aromatic rings. The number of benzene rings is 1. The van der Waals surface area contributed by atoms with E-state index in [9.17, 15) is 9.18 Å². The zero-order valence-corrected chi connectivity index (χ0v) is 14.2. The average Bonchev–Trinajstić information content (AvgIpc) is 2.36. The summed E-state index contributed by atoms with van der Waals surface area (Å²) in [4.78, 5) is 12.6. The van der Waals surface area contributed by atoms with Gasteiger partial charge in [-0.05, 0) is 66.0 Å². The molecular formula is C14H16BrFINO. The van der Waals surface area contributed by atoms with E-state index in [0.29, 0.717) is 26.4 Å². The highest BCUT2D eigenvalue weighted by atomic mass is 127. The summed E-state index contributed by atoms with van der Waals surface area (Å²) in [6, 6.07) is 4.25. The van der Waals surface area contributed by atoms with E-state index in [2.05, 4.69) is 21.2 Å². The summed E-state index contributed by atoms with van der Waals surface area (Å²) in [7, 11) is 0. The first kappa shape index (κ1) is 15.2. The molecule has 5 heteroatoms. The van der Waals surface area contributed by atoms with Crippen molar-refractivity contribution in [2.24, 2.45) is 5.92 Å². The van der Waals surface area contributed by atoms with Crippen molar-refractivity contribution in [1.82, 2.24) is 5.32 Å². The molecule has 0 aliphatic heterocycles. The highest BCUT2D eigenvalue weighted by molar-refractivity contribution is 14.1. The Morgan fingerprint density at radius 3 is 2.95 bits per heavy atom. The minimum absolute atomic E-state index is 0.110. The van der Waals surface area contributed by atoms with E-state index in [0.717, 1.165) is 6.42 Å². The Hall–Kier alpha value is -0.170. The lowest BCUT2D eigenvalue weighted by Crippen LogP contribution is -2.32. The van der Waals surface area contributed by atoms with Crippen LogP contribution in [0.25, 0.3) is 0 Å². The fourth-order valence-electron chi connectivity index (χ4n) is 2.42. The Bertz CT molecular complexity index is 469. The van der Waals surface area contributed by atoms with Crippen LogP contribution >= 0.6 is 38.5 Å². The van der Waals surface area contributed by atoms with E-state index in [-0.39, 0.29) is 11.7 Å². The summed E-state index contributed by atoms with van der Waals surface area (Å²) in [6.07, 6.45) is 4.72. The number of rotatable bonds is 3. The van der Waals surface area contributed by atoms with Gasteiger partial charge in [0, 0.05) is 14.9 Å². The molecule has 2 rings (SSSR count). The van der Waals surface area contributed by atoms with Gasteiger partial charge in [0.1, 0.15) is 5.82 Å². The van der Waals surface area contributed by atoms with Gasteiger partial charge in [0.25, 0.3) is 5.91 Å². The number of carbonyl (C=O) groups is 1. The summed E-state index contributed by atoms with van der Waals surface area (Å²) < 4.78 is 13.6. The zero-order valence-electron chi connectivity index (χ0n) is 10.5. The molecule has 0 spiro atoms. The molecule has 1 aliphatic carbocycles. The first-order valence-electron chi connectivity index (χ1n) is 6.43. The maximum Gasteiger partial charge on any atom is 0.252 e. The number of nitrogens with one attached hydrogen (secondary N) is 1. The van der Waals surface area contributed by atoms with Crippen molar-refractivity contribution in [3.8, 4) is 0 Å². The third-order valence-corrected chi connectivity index (χ3v) is 5.17. The second-order valence-corrected chi connectivity index (χ2v) is 7.42. The topological polar surface area (TPSA) is 29.1 Å². The van der Waals surface area contributed by atoms with Crippen LogP contribution in [-0.2, 0) is 0 Å². The van der Waals surface area contributed by atoms with Gasteiger partial charge in [-0.2, -0.15) is 0 Å². The van der Waals surface area contributed by atoms with E-state index in [4.69, 9.17) is 0 Å². The molecule has 0 aromatic heterocycles. The lowest BCUT2D eigenvalue weighted by molar-refractivity contribution is 0.0943. The van der Waals surface area contributed by atoms with Gasteiger partial charge in [-0.1, -0.05) is 22.4 Å². The SMILES string of the molecule is O=C(NCC1CCCC(Br)C1)c1ccc(F)cc1I. The molecule has 1 aliphatic rings. The van der Waals surface area contributed by atoms with Gasteiger partial charge in [-0.15, -0.1) is 0 Å². The predicted molar refractivity (Wildman–Crippen MR) is 86.1 cm³/mol. The molecule has 104 valence electrons. The number of alkyl halides is 1. The molecule has 1 N–H and O–H groups in total. The van der Waals surface area contributed by atoms with Crippen LogP contribution in [0.2, 0.25) is 0 Å². The van der Waals surface area contributed by atoms with E-state index >= 15 is 0 Å². The largest absolute Gasteiger partial charge is 0.352 e. The third kappa shape index (κ3) is 4.41. The Balaban J connectivity index is 1.90. The van der Waals surface area contributed by atoms with E-state index in [1.165, 1.54) is 31.4 Å². The predicted octanol–water partition coefficient (Wildman–Crippen LogP) is 4.11. The minimum Gasteiger partial charge on any atom is -0.352 e. The summed E-state index contributed by atoms with van der Waals surface area (Å²) in [5.41, 5.74) is 0.549. The maximum absolute atomic E-state index is 13.0. The number of hydrogen-bond donors (Lipinski definition) is 1. The van der Waals surface area contributed by atoms with Crippen LogP contribution in [0, 0.1) is 15.3 Å². The number of amides is 1. The quantitative estimate of drug-likeness (QED) is 0.557. The lowest BCUT2D eigenvalue weighted by atomic mass is 9.89. The molecule has 2 unspecified atom stereocenters. The third-order valence-electron chi connectivity index (χ3n) is 3.45. The van der Waals surface area contributed by atoms with Gasteiger partial charge in [0.05, 0.1) is 5.56 Å². The summed E-state index contributed by atoms with van der Waals surface area (Å²) in [5.74, 6) is 0.122. The molecule has 19 heavy (non-hydrogen) atoms. The maximum atomic E-state index is 13.0. The fraction of sp³-hybridized carbons (Fsp3) is 0.500. The van der Waals surface area contributed by atoms with Crippen molar-refractivity contribution in [3.05, 3.63) is 33.1 Å². The van der Waals surface area contributed by atoms with Gasteiger partial charge in [0.15, 0.2) is 0 Å². The Kier molecular flexibility index (Phi) is 5.62. The van der Waals surface area contributed by atoms with Crippen molar-refractivity contribution in [3.63, 3.8) is 0 Å². The Labute approximate surface area is 134 Å². The Morgan fingerprint density at radius 1 is 1.47 bits per heavy atom. The van der Waals surface area contributed by atoms with Crippen LogP contribution in [0.15, 0.2) is 18.2 Å². The molecule has 1 saturated carbocycles. The van der Waals surface area contributed by atoms with Crippen LogP contribution in [-0.4, -0.2) is 17.3 Å². The minimum atomic E-state index is -0.310. The highest BCUT2D eigenvalue weighted by Crippen LogP contribution is 2.28. The zero-order chi connectivity index (χ0) is 13.8. The van der Waals surface area contributed by atoms with Crippen LogP contribution in [0.5, 0.6) is 0 Å². The van der Waals surface area contributed by atoms with Crippen LogP contribution in [0.1, 0.15) is 36.0 Å². The molecule has 2 nitrogen and oxygen atoms in total. The second kappa shape index (κ2) is 7.02. The lowest BCUT2D eigenvalue weighted by Gasteiger charge is -2.25. The average molecular weight is 440 g/mol. The van der Waals surface area contributed by atoms with Crippen molar-refractivity contribution < 1.29 is 9.18 Å². The first-order valence-corrected chi connectivity index (χ1v) is 8.43. The molecule has 1 aromatic carbocycles. The molecule has 1 fully saturated rings. The molecule has 0 heterocycles. The van der Waals surface area contributed by atoms with Gasteiger partial charge in [0.2, 0.25) is 0 Å². The van der Waals surface area contributed by atoms with E-state index < -0.39 is 0 Å². The van der Waals surface area contributed by atoms with Crippen molar-refractivity contribution in [2.45, 2.75) is 30.5 Å². The van der Waals surface area contributed by atoms with Crippen LogP contribution in [0.3, 0.4) is 0 Å². The summed E-state index contributed by atoms with van der Waals surface area (Å²) >= 11 is 5.63. The van der Waals surface area contributed by atoms with Crippen LogP contribution in [0.4, 0.5) is 4.39 Å². The van der Waals surface area contributed by atoms with Gasteiger partial charge in [-0.3, -0.25) is 4.79 Å². The second-order valence-electron chi connectivity index (χ2n) is 4.96. The van der Waals surface area contributed by atoms with Gasteiger partial charge >= 0.3 is 0 Å². The molecule has 0 saturated heterocycles. The van der Waals surface area contributed by atoms with Crippen molar-refractivity contribution >= 4 is 44.4 Å². The smallest absolute Gasteiger partial charge is 0.252 e. The van der Waals surface area contributed by atoms with E-state index in [1.54, 1.807) is 6.07 Å². The first-order chi connectivity index (χ1) is 9.06. The highest BCUT2D eigenvalue weighted by Gasteiger charge is 2.21. The summed E-state index contributed by atoms with van der Waals surface area (Å²) in [6.45, 7) is 0.703. The molecule has 0 bridgehead atoms. The number of carbonyl (C=O) groups excluding carboxylic acids is 1. The summed E-state index contributed by atoms with van der Waals surface area (Å²) in [5, 5.41) is 2.96. The van der Waals surface area contributed by atoms with Gasteiger partial charge in [-0.25, -0.2) is 4.39 Å². The van der Waals surface area contributed by atoms with E-state index in [1.807, 2.05) is 22.6 Å². The van der Waals surface area contributed by atoms with Crippen molar-refractivity contribution in [2.75, 3.05) is 6.54 Å². The number of halogens is 3. The Morgan fingerprint density at radius 2 is 2.26 bits per heavy atom.